The SMILES string of the molecule is CCS(=O)(=O)NCCNCc1cccnc1. The van der Waals surface area contributed by atoms with Gasteiger partial charge in [-0.15, -0.1) is 0 Å². The highest BCUT2D eigenvalue weighted by Gasteiger charge is 2.03. The van der Waals surface area contributed by atoms with Gasteiger partial charge in [-0.3, -0.25) is 4.98 Å². The van der Waals surface area contributed by atoms with Gasteiger partial charge >= 0.3 is 0 Å². The van der Waals surface area contributed by atoms with E-state index in [1.165, 1.54) is 0 Å². The first kappa shape index (κ1) is 13.1. The van der Waals surface area contributed by atoms with Crippen molar-refractivity contribution in [3.8, 4) is 0 Å². The average molecular weight is 243 g/mol. The second-order valence-electron chi connectivity index (χ2n) is 3.34. The monoisotopic (exact) mass is 243 g/mol. The lowest BCUT2D eigenvalue weighted by Crippen LogP contribution is -2.32. The zero-order valence-electron chi connectivity index (χ0n) is 9.31. The molecule has 0 saturated heterocycles. The Morgan fingerprint density at radius 1 is 1.38 bits per heavy atom. The zero-order chi connectivity index (χ0) is 11.9. The summed E-state index contributed by atoms with van der Waals surface area (Å²) in [6.07, 6.45) is 3.50. The number of hydrogen-bond acceptors (Lipinski definition) is 4. The molecule has 0 unspecified atom stereocenters. The smallest absolute Gasteiger partial charge is 0.211 e. The van der Waals surface area contributed by atoms with E-state index in [2.05, 4.69) is 15.0 Å². The third kappa shape index (κ3) is 5.20. The van der Waals surface area contributed by atoms with E-state index in [0.29, 0.717) is 19.6 Å². The Kier molecular flexibility index (Phi) is 5.37. The van der Waals surface area contributed by atoms with Gasteiger partial charge in [0, 0.05) is 32.0 Å². The van der Waals surface area contributed by atoms with E-state index >= 15 is 0 Å². The molecule has 0 bridgehead atoms. The molecule has 16 heavy (non-hydrogen) atoms. The number of nitrogens with one attached hydrogen (secondary N) is 2. The Hall–Kier alpha value is -0.980. The predicted octanol–water partition coefficient (Wildman–Crippen LogP) is 0.111. The van der Waals surface area contributed by atoms with Gasteiger partial charge in [-0.1, -0.05) is 6.07 Å². The first-order chi connectivity index (χ1) is 7.64. The normalized spacial score (nSPS) is 11.6. The average Bonchev–Trinajstić information content (AvgIpc) is 2.30. The molecule has 2 N–H and O–H groups in total. The maximum Gasteiger partial charge on any atom is 0.211 e. The number of aromatic nitrogens is 1. The fraction of sp³-hybridized carbons (Fsp3) is 0.500. The van der Waals surface area contributed by atoms with Crippen molar-refractivity contribution in [3.63, 3.8) is 0 Å². The van der Waals surface area contributed by atoms with Crippen molar-refractivity contribution < 1.29 is 8.42 Å². The maximum atomic E-state index is 11.1. The molecule has 0 aliphatic rings. The third-order valence-electron chi connectivity index (χ3n) is 2.06. The molecule has 0 fully saturated rings. The molecule has 1 rings (SSSR count). The van der Waals surface area contributed by atoms with E-state index in [4.69, 9.17) is 0 Å². The summed E-state index contributed by atoms with van der Waals surface area (Å²) in [5, 5.41) is 3.13. The van der Waals surface area contributed by atoms with Crippen LogP contribution in [0, 0.1) is 0 Å². The molecule has 0 spiro atoms. The van der Waals surface area contributed by atoms with Crippen LogP contribution >= 0.6 is 0 Å². The van der Waals surface area contributed by atoms with Crippen molar-refractivity contribution in [1.29, 1.82) is 0 Å². The molecule has 0 saturated carbocycles. The van der Waals surface area contributed by atoms with Crippen LogP contribution in [0.4, 0.5) is 0 Å². The van der Waals surface area contributed by atoms with Crippen LogP contribution in [0.2, 0.25) is 0 Å². The minimum absolute atomic E-state index is 0.121. The van der Waals surface area contributed by atoms with Gasteiger partial charge in [-0.25, -0.2) is 13.1 Å². The molecule has 0 radical (unpaired) electrons. The van der Waals surface area contributed by atoms with E-state index in [1.54, 1.807) is 19.3 Å². The van der Waals surface area contributed by atoms with E-state index in [9.17, 15) is 8.42 Å². The molecular formula is C10H17N3O2S. The fourth-order valence-corrected chi connectivity index (χ4v) is 1.75. The molecule has 5 nitrogen and oxygen atoms in total. The molecule has 1 heterocycles. The topological polar surface area (TPSA) is 71.1 Å². The van der Waals surface area contributed by atoms with Crippen LogP contribution in [0.5, 0.6) is 0 Å². The molecule has 0 atom stereocenters. The summed E-state index contributed by atoms with van der Waals surface area (Å²) in [6, 6.07) is 3.84. The largest absolute Gasteiger partial charge is 0.311 e. The Morgan fingerprint density at radius 2 is 2.19 bits per heavy atom. The summed E-state index contributed by atoms with van der Waals surface area (Å²) in [7, 11) is -3.07. The molecule has 6 heteroatoms. The molecule has 1 aromatic heterocycles. The van der Waals surface area contributed by atoms with Gasteiger partial charge in [0.2, 0.25) is 10.0 Å². The van der Waals surface area contributed by atoms with Crippen molar-refractivity contribution in [2.45, 2.75) is 13.5 Å². The number of nitrogens with zero attached hydrogens (tertiary/aromatic N) is 1. The highest BCUT2D eigenvalue weighted by atomic mass is 32.2. The quantitative estimate of drug-likeness (QED) is 0.667. The first-order valence-corrected chi connectivity index (χ1v) is 6.86. The van der Waals surface area contributed by atoms with Crippen molar-refractivity contribution in [3.05, 3.63) is 30.1 Å². The van der Waals surface area contributed by atoms with E-state index in [0.717, 1.165) is 5.56 Å². The van der Waals surface area contributed by atoms with E-state index in [-0.39, 0.29) is 5.75 Å². The summed E-state index contributed by atoms with van der Waals surface area (Å²) in [6.45, 7) is 3.33. The highest BCUT2D eigenvalue weighted by molar-refractivity contribution is 7.89. The zero-order valence-corrected chi connectivity index (χ0v) is 10.1. The molecule has 90 valence electrons. The van der Waals surface area contributed by atoms with Gasteiger partial charge in [0.15, 0.2) is 0 Å². The Labute approximate surface area is 96.3 Å². The van der Waals surface area contributed by atoms with Crippen molar-refractivity contribution in [2.75, 3.05) is 18.8 Å². The van der Waals surface area contributed by atoms with Gasteiger partial charge in [-0.2, -0.15) is 0 Å². The highest BCUT2D eigenvalue weighted by Crippen LogP contribution is 1.93. The van der Waals surface area contributed by atoms with Gasteiger partial charge < -0.3 is 5.32 Å². The Balaban J connectivity index is 2.14. The lowest BCUT2D eigenvalue weighted by Gasteiger charge is -2.06. The summed E-state index contributed by atoms with van der Waals surface area (Å²) in [4.78, 5) is 3.98. The number of hydrogen-bond donors (Lipinski definition) is 2. The van der Waals surface area contributed by atoms with Crippen LogP contribution in [0.25, 0.3) is 0 Å². The maximum absolute atomic E-state index is 11.1. The Bertz CT molecular complexity index is 392. The molecular weight excluding hydrogens is 226 g/mol. The van der Waals surface area contributed by atoms with Crippen LogP contribution in [-0.2, 0) is 16.6 Å². The van der Waals surface area contributed by atoms with Crippen LogP contribution in [0.15, 0.2) is 24.5 Å². The standard InChI is InChI=1S/C10H17N3O2S/c1-2-16(14,15)13-7-6-12-9-10-4-3-5-11-8-10/h3-5,8,12-13H,2,6-7,9H2,1H3. The minimum atomic E-state index is -3.07. The van der Waals surface area contributed by atoms with Gasteiger partial charge in [0.25, 0.3) is 0 Å². The van der Waals surface area contributed by atoms with E-state index in [1.807, 2.05) is 12.1 Å². The van der Waals surface area contributed by atoms with Crippen LogP contribution in [0.1, 0.15) is 12.5 Å². The fourth-order valence-electron chi connectivity index (χ4n) is 1.13. The van der Waals surface area contributed by atoms with Crippen molar-refractivity contribution in [2.24, 2.45) is 0 Å². The molecule has 0 aromatic carbocycles. The summed E-state index contributed by atoms with van der Waals surface area (Å²) >= 11 is 0. The minimum Gasteiger partial charge on any atom is -0.311 e. The van der Waals surface area contributed by atoms with Crippen LogP contribution in [0.3, 0.4) is 0 Å². The summed E-state index contributed by atoms with van der Waals surface area (Å²) < 4.78 is 24.7. The van der Waals surface area contributed by atoms with Crippen molar-refractivity contribution >= 4 is 10.0 Å². The second-order valence-corrected chi connectivity index (χ2v) is 5.43. The van der Waals surface area contributed by atoms with Crippen molar-refractivity contribution in [1.82, 2.24) is 15.0 Å². The summed E-state index contributed by atoms with van der Waals surface area (Å²) in [5.41, 5.74) is 1.08. The van der Waals surface area contributed by atoms with Gasteiger partial charge in [0.05, 0.1) is 5.75 Å². The van der Waals surface area contributed by atoms with E-state index < -0.39 is 10.0 Å². The molecule has 0 aliphatic heterocycles. The third-order valence-corrected chi connectivity index (χ3v) is 3.46. The first-order valence-electron chi connectivity index (χ1n) is 5.21. The lowest BCUT2D eigenvalue weighted by atomic mass is 10.3. The predicted molar refractivity (Wildman–Crippen MR) is 63.4 cm³/mol. The van der Waals surface area contributed by atoms with Gasteiger partial charge in [-0.05, 0) is 18.6 Å². The van der Waals surface area contributed by atoms with Gasteiger partial charge in [0.1, 0.15) is 0 Å². The lowest BCUT2D eigenvalue weighted by molar-refractivity contribution is 0.577. The number of pyridine rings is 1. The second kappa shape index (κ2) is 6.57. The molecule has 1 aromatic rings. The number of rotatable bonds is 7. The molecule has 0 amide bonds. The Morgan fingerprint density at radius 3 is 2.81 bits per heavy atom. The number of sulfonamides is 1. The van der Waals surface area contributed by atoms with Crippen LogP contribution in [-0.4, -0.2) is 32.2 Å². The molecule has 0 aliphatic carbocycles. The van der Waals surface area contributed by atoms with Crippen LogP contribution < -0.4 is 10.0 Å². The summed E-state index contributed by atoms with van der Waals surface area (Å²) in [5.74, 6) is 0.121.